The molecule has 1 aliphatic heterocycles. The molecule has 0 radical (unpaired) electrons. The molecule has 5 nitrogen and oxygen atoms in total. The van der Waals surface area contributed by atoms with Crippen molar-refractivity contribution in [1.82, 2.24) is 10.2 Å². The molecule has 0 aromatic heterocycles. The number of hydrogen-bond acceptors (Lipinski definition) is 3. The number of anilines is 1. The summed E-state index contributed by atoms with van der Waals surface area (Å²) in [6.45, 7) is 1.12. The quantitative estimate of drug-likeness (QED) is 0.804. The monoisotopic (exact) mass is 339 g/mol. The average molecular weight is 340 g/mol. The fraction of sp³-hybridized carbons (Fsp3) is 0.429. The van der Waals surface area contributed by atoms with E-state index in [-0.39, 0.29) is 17.7 Å². The minimum absolute atomic E-state index is 0.00808. The second kappa shape index (κ2) is 6.26. The average Bonchev–Trinajstić information content (AvgIpc) is 2.46. The molecule has 0 saturated carbocycles. The standard InChI is InChI=1S/C14H18BrN3O2/c1-17-13(19)9-3-2-6-18(8-9)14(20)11-5-4-10(15)7-12(11)16/h4-5,7,9H,2-3,6,8,16H2,1H3,(H,17,19). The second-order valence-corrected chi connectivity index (χ2v) is 5.85. The SMILES string of the molecule is CNC(=O)C1CCCN(C(=O)c2ccc(Br)cc2N)C1. The summed E-state index contributed by atoms with van der Waals surface area (Å²) < 4.78 is 0.841. The molecule has 1 heterocycles. The van der Waals surface area contributed by atoms with Crippen molar-refractivity contribution in [3.8, 4) is 0 Å². The Morgan fingerprint density at radius 1 is 1.45 bits per heavy atom. The number of nitrogens with two attached hydrogens (primary N) is 1. The van der Waals surface area contributed by atoms with Crippen LogP contribution in [0.2, 0.25) is 0 Å². The normalized spacial score (nSPS) is 18.7. The highest BCUT2D eigenvalue weighted by atomic mass is 79.9. The molecule has 20 heavy (non-hydrogen) atoms. The molecule has 1 saturated heterocycles. The number of rotatable bonds is 2. The van der Waals surface area contributed by atoms with Crippen LogP contribution in [0.5, 0.6) is 0 Å². The summed E-state index contributed by atoms with van der Waals surface area (Å²) in [5.74, 6) is -0.246. The van der Waals surface area contributed by atoms with E-state index in [1.807, 2.05) is 0 Å². The molecular weight excluding hydrogens is 322 g/mol. The zero-order chi connectivity index (χ0) is 14.7. The molecular formula is C14H18BrN3O2. The van der Waals surface area contributed by atoms with E-state index in [9.17, 15) is 9.59 Å². The lowest BCUT2D eigenvalue weighted by Gasteiger charge is -2.32. The Balaban J connectivity index is 2.14. The van der Waals surface area contributed by atoms with Crippen molar-refractivity contribution < 1.29 is 9.59 Å². The number of hydrogen-bond donors (Lipinski definition) is 2. The first-order valence-electron chi connectivity index (χ1n) is 6.59. The summed E-state index contributed by atoms with van der Waals surface area (Å²) in [6, 6.07) is 5.22. The van der Waals surface area contributed by atoms with Gasteiger partial charge in [0.05, 0.1) is 11.5 Å². The minimum Gasteiger partial charge on any atom is -0.398 e. The summed E-state index contributed by atoms with van der Waals surface area (Å²) >= 11 is 3.32. The summed E-state index contributed by atoms with van der Waals surface area (Å²) in [6.07, 6.45) is 1.65. The Kier molecular flexibility index (Phi) is 4.65. The van der Waals surface area contributed by atoms with Gasteiger partial charge < -0.3 is 16.0 Å². The molecule has 0 aliphatic carbocycles. The Morgan fingerprint density at radius 3 is 2.85 bits per heavy atom. The van der Waals surface area contributed by atoms with Gasteiger partial charge in [-0.15, -0.1) is 0 Å². The fourth-order valence-corrected chi connectivity index (χ4v) is 2.86. The van der Waals surface area contributed by atoms with E-state index in [1.165, 1.54) is 0 Å². The maximum absolute atomic E-state index is 12.5. The third kappa shape index (κ3) is 3.12. The Labute approximate surface area is 126 Å². The smallest absolute Gasteiger partial charge is 0.255 e. The molecule has 3 N–H and O–H groups in total. The fourth-order valence-electron chi connectivity index (χ4n) is 2.48. The highest BCUT2D eigenvalue weighted by Crippen LogP contribution is 2.23. The van der Waals surface area contributed by atoms with Crippen molar-refractivity contribution in [2.45, 2.75) is 12.8 Å². The molecule has 0 spiro atoms. The van der Waals surface area contributed by atoms with Gasteiger partial charge in [0.25, 0.3) is 5.91 Å². The third-order valence-electron chi connectivity index (χ3n) is 3.57. The summed E-state index contributed by atoms with van der Waals surface area (Å²) in [7, 11) is 1.62. The first-order chi connectivity index (χ1) is 9.52. The lowest BCUT2D eigenvalue weighted by molar-refractivity contribution is -0.125. The van der Waals surface area contributed by atoms with E-state index in [0.717, 1.165) is 17.3 Å². The van der Waals surface area contributed by atoms with Gasteiger partial charge in [-0.05, 0) is 31.0 Å². The number of carbonyl (C=O) groups excluding carboxylic acids is 2. The van der Waals surface area contributed by atoms with Gasteiger partial charge in [0.1, 0.15) is 0 Å². The van der Waals surface area contributed by atoms with Gasteiger partial charge in [-0.3, -0.25) is 9.59 Å². The van der Waals surface area contributed by atoms with E-state index >= 15 is 0 Å². The first-order valence-corrected chi connectivity index (χ1v) is 7.38. The Morgan fingerprint density at radius 2 is 2.20 bits per heavy atom. The number of nitrogens with zero attached hydrogens (tertiary/aromatic N) is 1. The van der Waals surface area contributed by atoms with E-state index in [4.69, 9.17) is 5.73 Å². The maximum Gasteiger partial charge on any atom is 0.255 e. The predicted molar refractivity (Wildman–Crippen MR) is 81.2 cm³/mol. The molecule has 108 valence electrons. The molecule has 1 atom stereocenters. The number of carbonyl (C=O) groups is 2. The van der Waals surface area contributed by atoms with E-state index in [1.54, 1.807) is 30.1 Å². The third-order valence-corrected chi connectivity index (χ3v) is 4.06. The van der Waals surface area contributed by atoms with Crippen LogP contribution in [-0.4, -0.2) is 36.9 Å². The van der Waals surface area contributed by atoms with Crippen LogP contribution in [0, 0.1) is 5.92 Å². The topological polar surface area (TPSA) is 75.4 Å². The summed E-state index contributed by atoms with van der Waals surface area (Å²) in [4.78, 5) is 25.9. The zero-order valence-electron chi connectivity index (χ0n) is 11.4. The van der Waals surface area contributed by atoms with Crippen molar-refractivity contribution >= 4 is 33.4 Å². The van der Waals surface area contributed by atoms with Crippen molar-refractivity contribution in [3.63, 3.8) is 0 Å². The number of likely N-dealkylation sites (tertiary alicyclic amines) is 1. The van der Waals surface area contributed by atoms with Crippen molar-refractivity contribution in [2.24, 2.45) is 5.92 Å². The van der Waals surface area contributed by atoms with Gasteiger partial charge in [-0.1, -0.05) is 15.9 Å². The lowest BCUT2D eigenvalue weighted by atomic mass is 9.96. The van der Waals surface area contributed by atoms with Crippen molar-refractivity contribution in [2.75, 3.05) is 25.9 Å². The van der Waals surface area contributed by atoms with Gasteiger partial charge in [-0.25, -0.2) is 0 Å². The van der Waals surface area contributed by atoms with E-state index in [2.05, 4.69) is 21.2 Å². The van der Waals surface area contributed by atoms with Crippen LogP contribution in [0.15, 0.2) is 22.7 Å². The van der Waals surface area contributed by atoms with Crippen molar-refractivity contribution in [1.29, 1.82) is 0 Å². The highest BCUT2D eigenvalue weighted by molar-refractivity contribution is 9.10. The molecule has 0 bridgehead atoms. The number of nitrogen functional groups attached to an aromatic ring is 1. The van der Waals surface area contributed by atoms with Crippen LogP contribution in [0.3, 0.4) is 0 Å². The summed E-state index contributed by atoms with van der Waals surface area (Å²) in [5.41, 5.74) is 6.83. The maximum atomic E-state index is 12.5. The number of halogens is 1. The van der Waals surface area contributed by atoms with Crippen LogP contribution in [-0.2, 0) is 4.79 Å². The molecule has 1 aromatic rings. The van der Waals surface area contributed by atoms with Crippen molar-refractivity contribution in [3.05, 3.63) is 28.2 Å². The molecule has 1 fully saturated rings. The predicted octanol–water partition coefficient (Wildman–Crippen LogP) is 1.63. The number of piperidine rings is 1. The van der Waals surface area contributed by atoms with Crippen LogP contribution < -0.4 is 11.1 Å². The first kappa shape index (κ1) is 14.8. The molecule has 1 aromatic carbocycles. The van der Waals surface area contributed by atoms with E-state index in [0.29, 0.717) is 24.3 Å². The highest BCUT2D eigenvalue weighted by Gasteiger charge is 2.28. The Hall–Kier alpha value is -1.56. The van der Waals surface area contributed by atoms with Gasteiger partial charge in [0.2, 0.25) is 5.91 Å². The van der Waals surface area contributed by atoms with Crippen LogP contribution in [0.1, 0.15) is 23.2 Å². The zero-order valence-corrected chi connectivity index (χ0v) is 12.9. The van der Waals surface area contributed by atoms with Gasteiger partial charge in [-0.2, -0.15) is 0 Å². The second-order valence-electron chi connectivity index (χ2n) is 4.94. The molecule has 6 heteroatoms. The molecule has 2 rings (SSSR count). The number of nitrogens with one attached hydrogen (secondary N) is 1. The molecule has 1 aliphatic rings. The van der Waals surface area contributed by atoms with E-state index < -0.39 is 0 Å². The van der Waals surface area contributed by atoms with Crippen LogP contribution in [0.4, 0.5) is 5.69 Å². The Bertz CT molecular complexity index is 533. The molecule has 1 unspecified atom stereocenters. The molecule has 2 amide bonds. The minimum atomic E-state index is -0.130. The van der Waals surface area contributed by atoms with Crippen LogP contribution in [0.25, 0.3) is 0 Å². The van der Waals surface area contributed by atoms with Gasteiger partial charge in [0, 0.05) is 30.3 Å². The van der Waals surface area contributed by atoms with Gasteiger partial charge in [0.15, 0.2) is 0 Å². The van der Waals surface area contributed by atoms with Gasteiger partial charge >= 0.3 is 0 Å². The lowest BCUT2D eigenvalue weighted by Crippen LogP contribution is -2.44. The number of amides is 2. The summed E-state index contributed by atoms with van der Waals surface area (Å²) in [5, 5.41) is 2.64. The largest absolute Gasteiger partial charge is 0.398 e. The number of benzene rings is 1. The van der Waals surface area contributed by atoms with Crippen LogP contribution >= 0.6 is 15.9 Å².